The Labute approximate surface area is 156 Å². The van der Waals surface area contributed by atoms with Gasteiger partial charge in [0.2, 0.25) is 5.91 Å². The maximum atomic E-state index is 13.3. The number of amides is 2. The fraction of sp³-hybridized carbons (Fsp3) is 0.350. The van der Waals surface area contributed by atoms with Gasteiger partial charge in [-0.15, -0.1) is 0 Å². The molecule has 7 heteroatoms. The first kappa shape index (κ1) is 17.5. The molecule has 7 nitrogen and oxygen atoms in total. The maximum Gasteiger partial charge on any atom is 0.274 e. The number of rotatable bonds is 3. The van der Waals surface area contributed by atoms with E-state index in [9.17, 15) is 9.59 Å². The molecule has 2 heterocycles. The number of carbonyl (C=O) groups is 2. The largest absolute Gasteiger partial charge is 0.495 e. The summed E-state index contributed by atoms with van der Waals surface area (Å²) in [7, 11) is 1.58. The van der Waals surface area contributed by atoms with E-state index in [0.717, 1.165) is 36.1 Å². The number of anilines is 1. The molecule has 0 radical (unpaired) electrons. The van der Waals surface area contributed by atoms with Crippen LogP contribution in [0.5, 0.6) is 5.75 Å². The summed E-state index contributed by atoms with van der Waals surface area (Å²) in [6.45, 7) is 0.661. The van der Waals surface area contributed by atoms with Crippen LogP contribution in [0.15, 0.2) is 36.7 Å². The molecule has 1 aromatic carbocycles. The highest BCUT2D eigenvalue weighted by Crippen LogP contribution is 2.45. The fourth-order valence-electron chi connectivity index (χ4n) is 4.19. The van der Waals surface area contributed by atoms with Crippen molar-refractivity contribution in [3.05, 3.63) is 53.3 Å². The van der Waals surface area contributed by atoms with Crippen molar-refractivity contribution in [1.29, 1.82) is 0 Å². The summed E-state index contributed by atoms with van der Waals surface area (Å²) in [6, 6.07) is 7.22. The third-order valence-electron chi connectivity index (χ3n) is 5.73. The number of hydroxylamine groups is 1. The number of aromatic nitrogens is 1. The summed E-state index contributed by atoms with van der Waals surface area (Å²) < 4.78 is 5.22. The highest BCUT2D eigenvalue weighted by atomic mass is 16.5. The van der Waals surface area contributed by atoms with E-state index in [-0.39, 0.29) is 5.91 Å². The normalized spacial score (nSPS) is 21.3. The van der Waals surface area contributed by atoms with Crippen molar-refractivity contribution >= 4 is 17.5 Å². The monoisotopic (exact) mass is 367 g/mol. The molecule has 27 heavy (non-hydrogen) atoms. The fourth-order valence-corrected chi connectivity index (χ4v) is 4.19. The number of methoxy groups -OCH3 is 1. The summed E-state index contributed by atoms with van der Waals surface area (Å²) >= 11 is 0. The molecule has 0 saturated carbocycles. The van der Waals surface area contributed by atoms with E-state index in [4.69, 9.17) is 9.94 Å². The molecule has 140 valence electrons. The molecule has 4 rings (SSSR count). The van der Waals surface area contributed by atoms with Crippen molar-refractivity contribution in [1.82, 2.24) is 10.5 Å². The lowest BCUT2D eigenvalue weighted by Gasteiger charge is -2.33. The van der Waals surface area contributed by atoms with Gasteiger partial charge in [-0.3, -0.25) is 19.8 Å². The lowest BCUT2D eigenvalue weighted by molar-refractivity contribution is -0.126. The van der Waals surface area contributed by atoms with Gasteiger partial charge in [0.25, 0.3) is 5.91 Å². The Bertz CT molecular complexity index is 914. The zero-order chi connectivity index (χ0) is 19.0. The number of pyridine rings is 1. The van der Waals surface area contributed by atoms with E-state index in [0.29, 0.717) is 24.3 Å². The minimum Gasteiger partial charge on any atom is -0.495 e. The Morgan fingerprint density at radius 1 is 1.26 bits per heavy atom. The molecular weight excluding hydrogens is 346 g/mol. The summed E-state index contributed by atoms with van der Waals surface area (Å²) in [4.78, 5) is 30.8. The van der Waals surface area contributed by atoms with Gasteiger partial charge in [-0.25, -0.2) is 5.48 Å². The Morgan fingerprint density at radius 3 is 2.89 bits per heavy atom. The standard InChI is InChI=1S/C20H21N3O4/c1-27-17-9-16(11-21-12-17)23-7-6-20(19(23)25)5-4-13-8-14(18(24)22-26)2-3-15(13)10-20/h2-3,8-9,11-12,26H,4-7,10H2,1H3,(H,22,24)/t20-/m1/s1. The number of nitrogens with zero attached hydrogens (tertiary/aromatic N) is 2. The molecule has 1 spiro atoms. The highest BCUT2D eigenvalue weighted by molar-refractivity contribution is 6.00. The first-order valence-corrected chi connectivity index (χ1v) is 8.93. The summed E-state index contributed by atoms with van der Waals surface area (Å²) in [5, 5.41) is 8.81. The van der Waals surface area contributed by atoms with Crippen molar-refractivity contribution < 1.29 is 19.5 Å². The van der Waals surface area contributed by atoms with E-state index in [1.54, 1.807) is 42.0 Å². The molecule has 1 saturated heterocycles. The van der Waals surface area contributed by atoms with Gasteiger partial charge < -0.3 is 9.64 Å². The maximum absolute atomic E-state index is 13.3. The predicted molar refractivity (Wildman–Crippen MR) is 97.9 cm³/mol. The third-order valence-corrected chi connectivity index (χ3v) is 5.73. The lowest BCUT2D eigenvalue weighted by Crippen LogP contribution is -2.38. The predicted octanol–water partition coefficient (Wildman–Crippen LogP) is 2.12. The van der Waals surface area contributed by atoms with Crippen LogP contribution < -0.4 is 15.1 Å². The SMILES string of the molecule is COc1cncc(N2CC[C@@]3(CCc4cc(C(=O)NO)ccc4C3)C2=O)c1. The van der Waals surface area contributed by atoms with Crippen LogP contribution in [0.3, 0.4) is 0 Å². The smallest absolute Gasteiger partial charge is 0.274 e. The average molecular weight is 367 g/mol. The number of hydrogen-bond donors (Lipinski definition) is 2. The van der Waals surface area contributed by atoms with Crippen LogP contribution in [0.4, 0.5) is 5.69 Å². The quantitative estimate of drug-likeness (QED) is 0.640. The van der Waals surface area contributed by atoms with Gasteiger partial charge in [-0.05, 0) is 48.9 Å². The molecule has 0 bridgehead atoms. The second kappa shape index (κ2) is 6.66. The second-order valence-electron chi connectivity index (χ2n) is 7.17. The van der Waals surface area contributed by atoms with E-state index < -0.39 is 11.3 Å². The Kier molecular flexibility index (Phi) is 4.31. The summed E-state index contributed by atoms with van der Waals surface area (Å²) in [5.41, 5.74) is 4.60. The van der Waals surface area contributed by atoms with Gasteiger partial charge in [0.05, 0.1) is 30.6 Å². The molecule has 2 amide bonds. The van der Waals surface area contributed by atoms with Crippen LogP contribution in [-0.2, 0) is 17.6 Å². The number of ether oxygens (including phenoxy) is 1. The van der Waals surface area contributed by atoms with Crippen molar-refractivity contribution in [2.75, 3.05) is 18.6 Å². The number of nitrogens with one attached hydrogen (secondary N) is 1. The summed E-state index contributed by atoms with van der Waals surface area (Å²) in [5.74, 6) is 0.233. The van der Waals surface area contributed by atoms with E-state index >= 15 is 0 Å². The number of carbonyl (C=O) groups excluding carboxylic acids is 2. The van der Waals surface area contributed by atoms with Crippen LogP contribution in [-0.4, -0.2) is 35.7 Å². The van der Waals surface area contributed by atoms with Gasteiger partial charge in [-0.1, -0.05) is 6.07 Å². The zero-order valence-corrected chi connectivity index (χ0v) is 15.1. The highest BCUT2D eigenvalue weighted by Gasteiger charge is 2.48. The van der Waals surface area contributed by atoms with Crippen LogP contribution in [0.1, 0.15) is 34.3 Å². The van der Waals surface area contributed by atoms with Crippen molar-refractivity contribution in [3.63, 3.8) is 0 Å². The number of aryl methyl sites for hydroxylation is 1. The van der Waals surface area contributed by atoms with Crippen LogP contribution in [0, 0.1) is 5.41 Å². The lowest BCUT2D eigenvalue weighted by atomic mass is 9.70. The third kappa shape index (κ3) is 2.94. The minimum atomic E-state index is -0.522. The molecule has 2 N–H and O–H groups in total. The zero-order valence-electron chi connectivity index (χ0n) is 15.1. The molecule has 2 aromatic rings. The molecule has 0 unspecified atom stereocenters. The van der Waals surface area contributed by atoms with E-state index in [1.165, 1.54) is 0 Å². The molecule has 2 aliphatic rings. The molecule has 1 aliphatic carbocycles. The molecule has 1 aromatic heterocycles. The van der Waals surface area contributed by atoms with Crippen LogP contribution >= 0.6 is 0 Å². The van der Waals surface area contributed by atoms with Crippen molar-refractivity contribution in [2.45, 2.75) is 25.7 Å². The average Bonchev–Trinajstić information content (AvgIpc) is 3.02. The number of benzene rings is 1. The van der Waals surface area contributed by atoms with Crippen LogP contribution in [0.25, 0.3) is 0 Å². The van der Waals surface area contributed by atoms with E-state index in [2.05, 4.69) is 4.98 Å². The molecule has 1 atom stereocenters. The van der Waals surface area contributed by atoms with Gasteiger partial charge in [0.15, 0.2) is 0 Å². The topological polar surface area (TPSA) is 91.8 Å². The van der Waals surface area contributed by atoms with Gasteiger partial charge >= 0.3 is 0 Å². The minimum absolute atomic E-state index is 0.125. The molecular formula is C20H21N3O4. The second-order valence-corrected chi connectivity index (χ2v) is 7.17. The number of fused-ring (bicyclic) bond motifs is 1. The van der Waals surface area contributed by atoms with Gasteiger partial charge in [-0.2, -0.15) is 0 Å². The van der Waals surface area contributed by atoms with Gasteiger partial charge in [0.1, 0.15) is 5.75 Å². The summed E-state index contributed by atoms with van der Waals surface area (Å²) in [6.07, 6.45) is 6.25. The Hall–Kier alpha value is -2.93. The Balaban J connectivity index is 1.59. The van der Waals surface area contributed by atoms with Crippen molar-refractivity contribution in [3.8, 4) is 5.75 Å². The Morgan fingerprint density at radius 2 is 2.11 bits per heavy atom. The first-order valence-electron chi connectivity index (χ1n) is 8.93. The molecule has 1 fully saturated rings. The first-order chi connectivity index (χ1) is 13.1. The molecule has 1 aliphatic heterocycles. The number of hydrogen-bond acceptors (Lipinski definition) is 5. The van der Waals surface area contributed by atoms with Crippen LogP contribution in [0.2, 0.25) is 0 Å². The van der Waals surface area contributed by atoms with Crippen molar-refractivity contribution in [2.24, 2.45) is 5.41 Å². The van der Waals surface area contributed by atoms with Gasteiger partial charge in [0, 0.05) is 18.2 Å². The van der Waals surface area contributed by atoms with E-state index in [1.807, 2.05) is 12.1 Å².